The van der Waals surface area contributed by atoms with Gasteiger partial charge in [0.15, 0.2) is 17.3 Å². The molecule has 0 amide bonds. The van der Waals surface area contributed by atoms with Gasteiger partial charge in [0, 0.05) is 31.5 Å². The van der Waals surface area contributed by atoms with Crippen molar-refractivity contribution < 1.29 is 14.2 Å². The quantitative estimate of drug-likeness (QED) is 0.572. The van der Waals surface area contributed by atoms with Gasteiger partial charge in [-0.1, -0.05) is 6.07 Å². The molecule has 6 nitrogen and oxygen atoms in total. The summed E-state index contributed by atoms with van der Waals surface area (Å²) in [7, 11) is 4.90. The minimum absolute atomic E-state index is 0.0671. The van der Waals surface area contributed by atoms with Crippen LogP contribution in [0, 0.1) is 5.82 Å². The van der Waals surface area contributed by atoms with E-state index in [0.29, 0.717) is 5.56 Å². The fourth-order valence-electron chi connectivity index (χ4n) is 3.80. The van der Waals surface area contributed by atoms with Gasteiger partial charge in [0.05, 0.1) is 24.2 Å². The molecule has 7 heteroatoms. The first-order valence-electron chi connectivity index (χ1n) is 9.22. The van der Waals surface area contributed by atoms with Crippen LogP contribution in [0.25, 0.3) is 22.3 Å². The molecule has 2 aromatic carbocycles. The zero-order valence-electron chi connectivity index (χ0n) is 16.7. The summed E-state index contributed by atoms with van der Waals surface area (Å²) < 4.78 is 24.5. The van der Waals surface area contributed by atoms with Gasteiger partial charge in [0.1, 0.15) is 0 Å². The summed E-state index contributed by atoms with van der Waals surface area (Å²) in [5.74, 6) is -1.15. The number of ether oxygens (including phenoxy) is 1. The summed E-state index contributed by atoms with van der Waals surface area (Å²) in [5, 5.41) is 9.79. The second-order valence-electron chi connectivity index (χ2n) is 7.13. The molecule has 29 heavy (non-hydrogen) atoms. The molecule has 0 aliphatic rings. The maximum Gasteiger partial charge on any atom is 0.328 e. The molecule has 0 saturated heterocycles. The van der Waals surface area contributed by atoms with Gasteiger partial charge in [0.2, 0.25) is 0 Å². The van der Waals surface area contributed by atoms with Crippen molar-refractivity contribution in [2.45, 2.75) is 13.0 Å². The van der Waals surface area contributed by atoms with Crippen LogP contribution in [-0.2, 0) is 14.1 Å². The van der Waals surface area contributed by atoms with Crippen molar-refractivity contribution >= 4 is 11.0 Å². The van der Waals surface area contributed by atoms with Crippen LogP contribution >= 0.6 is 0 Å². The van der Waals surface area contributed by atoms with Crippen molar-refractivity contribution in [1.29, 1.82) is 0 Å². The number of rotatable bonds is 4. The van der Waals surface area contributed by atoms with Gasteiger partial charge in [-0.25, -0.2) is 9.18 Å². The molecule has 0 aliphatic carbocycles. The second-order valence-corrected chi connectivity index (χ2v) is 7.13. The number of phenols is 1. The summed E-state index contributed by atoms with van der Waals surface area (Å²) in [4.78, 5) is 12.2. The number of aromatic nitrogens is 3. The average Bonchev–Trinajstić information content (AvgIpc) is 3.29. The Hall–Kier alpha value is -3.48. The van der Waals surface area contributed by atoms with E-state index in [1.165, 1.54) is 13.2 Å². The van der Waals surface area contributed by atoms with Crippen molar-refractivity contribution in [3.63, 3.8) is 0 Å². The van der Waals surface area contributed by atoms with E-state index in [9.17, 15) is 14.3 Å². The average molecular weight is 395 g/mol. The zero-order valence-corrected chi connectivity index (χ0v) is 16.7. The zero-order chi connectivity index (χ0) is 20.9. The van der Waals surface area contributed by atoms with E-state index in [-0.39, 0.29) is 17.5 Å². The van der Waals surface area contributed by atoms with Crippen LogP contribution < -0.4 is 10.4 Å². The molecule has 1 unspecified atom stereocenters. The number of nitrogens with zero attached hydrogens (tertiary/aromatic N) is 3. The molecule has 0 fully saturated rings. The highest BCUT2D eigenvalue weighted by atomic mass is 19.1. The van der Waals surface area contributed by atoms with Gasteiger partial charge in [-0.15, -0.1) is 0 Å². The van der Waals surface area contributed by atoms with Crippen LogP contribution in [0.4, 0.5) is 4.39 Å². The highest BCUT2D eigenvalue weighted by Gasteiger charge is 2.18. The smallest absolute Gasteiger partial charge is 0.328 e. The van der Waals surface area contributed by atoms with Crippen LogP contribution in [0.3, 0.4) is 0 Å². The van der Waals surface area contributed by atoms with Gasteiger partial charge < -0.3 is 14.4 Å². The lowest BCUT2D eigenvalue weighted by Gasteiger charge is -2.19. The number of hydrogen-bond donors (Lipinski definition) is 1. The van der Waals surface area contributed by atoms with Gasteiger partial charge in [0.25, 0.3) is 0 Å². The predicted molar refractivity (Wildman–Crippen MR) is 110 cm³/mol. The second kappa shape index (κ2) is 6.84. The molecule has 0 spiro atoms. The number of benzene rings is 2. The topological polar surface area (TPSA) is 61.3 Å². The van der Waals surface area contributed by atoms with Crippen molar-refractivity contribution in [2.24, 2.45) is 14.1 Å². The molecule has 4 aromatic rings. The normalized spacial score (nSPS) is 12.4. The van der Waals surface area contributed by atoms with Gasteiger partial charge in [-0.05, 0) is 48.9 Å². The van der Waals surface area contributed by atoms with E-state index in [4.69, 9.17) is 4.74 Å². The standard InChI is InChI=1S/C22H22FN3O3/c1-13(14-7-8-18-19(11-14)25(3)22(28)24(18)2)26-9-5-6-17(26)15-10-16(23)21(27)20(12-15)29-4/h5-13,27H,1-4H3. The van der Waals surface area contributed by atoms with Crippen molar-refractivity contribution in [3.05, 3.63) is 70.5 Å². The van der Waals surface area contributed by atoms with Crippen molar-refractivity contribution in [1.82, 2.24) is 13.7 Å². The van der Waals surface area contributed by atoms with Crippen molar-refractivity contribution in [2.75, 3.05) is 7.11 Å². The van der Waals surface area contributed by atoms with E-state index in [1.807, 2.05) is 48.0 Å². The maximum atomic E-state index is 14.2. The number of methoxy groups -OCH3 is 1. The molecular weight excluding hydrogens is 373 g/mol. The van der Waals surface area contributed by atoms with Crippen LogP contribution in [0.15, 0.2) is 53.5 Å². The Morgan fingerprint density at radius 2 is 1.79 bits per heavy atom. The molecule has 0 aliphatic heterocycles. The largest absolute Gasteiger partial charge is 0.502 e. The lowest BCUT2D eigenvalue weighted by molar-refractivity contribution is 0.357. The van der Waals surface area contributed by atoms with E-state index >= 15 is 0 Å². The fraction of sp³-hybridized carbons (Fsp3) is 0.227. The molecule has 2 heterocycles. The molecule has 0 bridgehead atoms. The summed E-state index contributed by atoms with van der Waals surface area (Å²) in [5.41, 5.74) is 4.05. The van der Waals surface area contributed by atoms with E-state index in [0.717, 1.165) is 22.3 Å². The van der Waals surface area contributed by atoms with Gasteiger partial charge >= 0.3 is 5.69 Å². The minimum atomic E-state index is -0.736. The number of hydrogen-bond acceptors (Lipinski definition) is 3. The van der Waals surface area contributed by atoms with Crippen molar-refractivity contribution in [3.8, 4) is 22.8 Å². The van der Waals surface area contributed by atoms with Crippen LogP contribution in [-0.4, -0.2) is 25.9 Å². The number of fused-ring (bicyclic) bond motifs is 1. The number of imidazole rings is 1. The lowest BCUT2D eigenvalue weighted by Crippen LogP contribution is -2.19. The number of aromatic hydroxyl groups is 1. The third kappa shape index (κ3) is 2.90. The maximum absolute atomic E-state index is 14.2. The fourth-order valence-corrected chi connectivity index (χ4v) is 3.80. The van der Waals surface area contributed by atoms with E-state index in [2.05, 4.69) is 0 Å². The third-order valence-corrected chi connectivity index (χ3v) is 5.52. The SMILES string of the molecule is COc1cc(-c2cccn2C(C)c2ccc3c(c2)n(C)c(=O)n3C)cc(F)c1O. The Kier molecular flexibility index (Phi) is 4.45. The Morgan fingerprint density at radius 3 is 2.52 bits per heavy atom. The summed E-state index contributed by atoms with van der Waals surface area (Å²) >= 11 is 0. The molecule has 1 atom stereocenters. The van der Waals surface area contributed by atoms with E-state index < -0.39 is 11.6 Å². The Balaban J connectivity index is 1.81. The molecule has 0 saturated carbocycles. The number of halogens is 1. The van der Waals surface area contributed by atoms with E-state index in [1.54, 1.807) is 29.3 Å². The van der Waals surface area contributed by atoms with Crippen LogP contribution in [0.5, 0.6) is 11.5 Å². The summed E-state index contributed by atoms with van der Waals surface area (Å²) in [6.07, 6.45) is 1.92. The third-order valence-electron chi connectivity index (χ3n) is 5.52. The molecule has 150 valence electrons. The first-order chi connectivity index (χ1) is 13.8. The Bertz CT molecular complexity index is 1280. The molecule has 2 aromatic heterocycles. The van der Waals surface area contributed by atoms with Gasteiger partial charge in [-0.3, -0.25) is 9.13 Å². The highest BCUT2D eigenvalue weighted by Crippen LogP contribution is 2.36. The summed E-state index contributed by atoms with van der Waals surface area (Å²) in [6, 6.07) is 12.6. The molecule has 0 radical (unpaired) electrons. The predicted octanol–water partition coefficient (Wildman–Crippen LogP) is 3.81. The highest BCUT2D eigenvalue weighted by molar-refractivity contribution is 5.77. The number of aryl methyl sites for hydroxylation is 2. The van der Waals surface area contributed by atoms with Crippen LogP contribution in [0.2, 0.25) is 0 Å². The monoisotopic (exact) mass is 395 g/mol. The minimum Gasteiger partial charge on any atom is -0.502 e. The summed E-state index contributed by atoms with van der Waals surface area (Å²) in [6.45, 7) is 2.04. The van der Waals surface area contributed by atoms with Crippen LogP contribution in [0.1, 0.15) is 18.5 Å². The van der Waals surface area contributed by atoms with Gasteiger partial charge in [-0.2, -0.15) is 0 Å². The molecule has 1 N–H and O–H groups in total. The Labute approximate surface area is 167 Å². The first-order valence-corrected chi connectivity index (χ1v) is 9.22. The Morgan fingerprint density at radius 1 is 1.07 bits per heavy atom. The number of phenolic OH excluding ortho intramolecular Hbond substituents is 1. The molecule has 4 rings (SSSR count). The lowest BCUT2D eigenvalue weighted by atomic mass is 10.1. The molecular formula is C22H22FN3O3. The first kappa shape index (κ1) is 18.9.